The second kappa shape index (κ2) is 3.29. The van der Waals surface area contributed by atoms with Gasteiger partial charge in [-0.2, -0.15) is 0 Å². The first kappa shape index (κ1) is 8.99. The Balaban J connectivity index is 2.50. The molecule has 74 valence electrons. The van der Waals surface area contributed by atoms with E-state index in [9.17, 15) is 10.1 Å². The Kier molecular flexibility index (Phi) is 2.11. The summed E-state index contributed by atoms with van der Waals surface area (Å²) in [4.78, 5) is 10.3. The molecule has 0 spiro atoms. The van der Waals surface area contributed by atoms with Gasteiger partial charge in [0.15, 0.2) is 0 Å². The Hall–Kier alpha value is -1.58. The van der Waals surface area contributed by atoms with E-state index < -0.39 is 0 Å². The molecule has 0 unspecified atom stereocenters. The molecule has 1 aliphatic heterocycles. The molecule has 0 aromatic heterocycles. The van der Waals surface area contributed by atoms with Gasteiger partial charge >= 0.3 is 0 Å². The molecule has 2 rings (SSSR count). The predicted octanol–water partition coefficient (Wildman–Crippen LogP) is 2.23. The highest BCUT2D eigenvalue weighted by molar-refractivity contribution is 5.50. The van der Waals surface area contributed by atoms with Crippen LogP contribution in [-0.2, 0) is 6.42 Å². The largest absolute Gasteiger partial charge is 0.493 e. The zero-order valence-electron chi connectivity index (χ0n) is 7.95. The summed E-state index contributed by atoms with van der Waals surface area (Å²) in [6.07, 6.45) is 1.81. The van der Waals surface area contributed by atoms with E-state index in [0.29, 0.717) is 12.2 Å². The highest BCUT2D eigenvalue weighted by atomic mass is 16.6. The number of hydrogen-bond acceptors (Lipinski definition) is 3. The van der Waals surface area contributed by atoms with E-state index in [4.69, 9.17) is 4.74 Å². The van der Waals surface area contributed by atoms with Gasteiger partial charge in [0.25, 0.3) is 5.69 Å². The first-order chi connectivity index (χ1) is 6.68. The normalized spacial score (nSPS) is 14.4. The molecule has 0 N–H and O–H groups in total. The first-order valence-electron chi connectivity index (χ1n) is 4.59. The molecule has 4 heteroatoms. The van der Waals surface area contributed by atoms with Gasteiger partial charge < -0.3 is 4.74 Å². The second-order valence-corrected chi connectivity index (χ2v) is 3.46. The van der Waals surface area contributed by atoms with Crippen LogP contribution in [0.4, 0.5) is 5.69 Å². The molecular weight excluding hydrogens is 182 g/mol. The third-order valence-corrected chi connectivity index (χ3v) is 2.42. The number of benzene rings is 1. The number of nitro groups is 1. The molecule has 1 aromatic carbocycles. The van der Waals surface area contributed by atoms with Crippen molar-refractivity contribution in [2.45, 2.75) is 19.8 Å². The monoisotopic (exact) mass is 193 g/mol. The van der Waals surface area contributed by atoms with Crippen LogP contribution in [0, 0.1) is 17.0 Å². The van der Waals surface area contributed by atoms with Crippen molar-refractivity contribution in [1.82, 2.24) is 0 Å². The van der Waals surface area contributed by atoms with Gasteiger partial charge in [-0.25, -0.2) is 0 Å². The maximum atomic E-state index is 10.7. The average Bonchev–Trinajstić information content (AvgIpc) is 2.16. The lowest BCUT2D eigenvalue weighted by Crippen LogP contribution is -2.09. The summed E-state index contributed by atoms with van der Waals surface area (Å²) in [7, 11) is 0. The number of nitro benzene ring substituents is 1. The molecule has 0 bridgehead atoms. The maximum Gasteiger partial charge on any atom is 0.272 e. The fourth-order valence-electron chi connectivity index (χ4n) is 1.68. The van der Waals surface area contributed by atoms with E-state index in [0.717, 1.165) is 24.2 Å². The minimum atomic E-state index is -0.343. The van der Waals surface area contributed by atoms with Crippen LogP contribution in [0.2, 0.25) is 0 Å². The van der Waals surface area contributed by atoms with Crippen molar-refractivity contribution in [1.29, 1.82) is 0 Å². The molecule has 14 heavy (non-hydrogen) atoms. The highest BCUT2D eigenvalue weighted by Gasteiger charge is 2.18. The predicted molar refractivity (Wildman–Crippen MR) is 51.6 cm³/mol. The van der Waals surface area contributed by atoms with Crippen molar-refractivity contribution < 1.29 is 9.66 Å². The Labute approximate surface area is 81.7 Å². The lowest BCUT2D eigenvalue weighted by Gasteiger charge is -2.17. The SMILES string of the molecule is Cc1cc2c(cc1[N+](=O)[O-])CCCO2. The van der Waals surface area contributed by atoms with E-state index in [2.05, 4.69) is 0 Å². The lowest BCUT2D eigenvalue weighted by molar-refractivity contribution is -0.385. The first-order valence-corrected chi connectivity index (χ1v) is 4.59. The van der Waals surface area contributed by atoms with Gasteiger partial charge in [0.05, 0.1) is 11.5 Å². The van der Waals surface area contributed by atoms with E-state index in [1.807, 2.05) is 0 Å². The standard InChI is InChI=1S/C10H11NO3/c1-7-5-10-8(3-2-4-14-10)6-9(7)11(12)13/h5-6H,2-4H2,1H3. The zero-order valence-corrected chi connectivity index (χ0v) is 7.95. The molecular formula is C10H11NO3. The zero-order chi connectivity index (χ0) is 10.1. The fourth-order valence-corrected chi connectivity index (χ4v) is 1.68. The molecule has 0 atom stereocenters. The van der Waals surface area contributed by atoms with Gasteiger partial charge in [-0.15, -0.1) is 0 Å². The van der Waals surface area contributed by atoms with Crippen LogP contribution in [0.5, 0.6) is 5.75 Å². The Morgan fingerprint density at radius 1 is 1.50 bits per heavy atom. The van der Waals surface area contributed by atoms with Crippen molar-refractivity contribution in [2.75, 3.05) is 6.61 Å². The molecule has 0 saturated carbocycles. The lowest BCUT2D eigenvalue weighted by atomic mass is 10.0. The van der Waals surface area contributed by atoms with Crippen LogP contribution < -0.4 is 4.74 Å². The number of aryl methyl sites for hydroxylation is 2. The van der Waals surface area contributed by atoms with Crippen LogP contribution in [0.1, 0.15) is 17.5 Å². The molecule has 4 nitrogen and oxygen atoms in total. The van der Waals surface area contributed by atoms with Gasteiger partial charge in [0.2, 0.25) is 0 Å². The number of rotatable bonds is 1. The van der Waals surface area contributed by atoms with E-state index in [-0.39, 0.29) is 10.6 Å². The van der Waals surface area contributed by atoms with Crippen molar-refractivity contribution in [3.8, 4) is 5.75 Å². The fraction of sp³-hybridized carbons (Fsp3) is 0.400. The Morgan fingerprint density at radius 2 is 2.29 bits per heavy atom. The van der Waals surface area contributed by atoms with Crippen molar-refractivity contribution >= 4 is 5.69 Å². The summed E-state index contributed by atoms with van der Waals surface area (Å²) >= 11 is 0. The minimum absolute atomic E-state index is 0.189. The molecule has 1 heterocycles. The van der Waals surface area contributed by atoms with Gasteiger partial charge in [-0.3, -0.25) is 10.1 Å². The summed E-state index contributed by atoms with van der Waals surface area (Å²) in [5.74, 6) is 0.805. The van der Waals surface area contributed by atoms with Crippen LogP contribution in [0.3, 0.4) is 0 Å². The van der Waals surface area contributed by atoms with Crippen molar-refractivity contribution in [3.63, 3.8) is 0 Å². The van der Waals surface area contributed by atoms with Gasteiger partial charge in [-0.05, 0) is 25.8 Å². The molecule has 1 aromatic rings. The van der Waals surface area contributed by atoms with E-state index in [1.54, 1.807) is 19.1 Å². The number of hydrogen-bond donors (Lipinski definition) is 0. The summed E-state index contributed by atoms with van der Waals surface area (Å²) in [5.41, 5.74) is 1.80. The summed E-state index contributed by atoms with van der Waals surface area (Å²) in [6.45, 7) is 2.45. The summed E-state index contributed by atoms with van der Waals surface area (Å²) < 4.78 is 5.42. The Morgan fingerprint density at radius 3 is 3.00 bits per heavy atom. The van der Waals surface area contributed by atoms with Crippen LogP contribution >= 0.6 is 0 Å². The molecule has 0 amide bonds. The van der Waals surface area contributed by atoms with Gasteiger partial charge in [-0.1, -0.05) is 0 Å². The average molecular weight is 193 g/mol. The third-order valence-electron chi connectivity index (χ3n) is 2.42. The molecule has 0 saturated heterocycles. The van der Waals surface area contributed by atoms with Crippen molar-refractivity contribution in [2.24, 2.45) is 0 Å². The van der Waals surface area contributed by atoms with Crippen molar-refractivity contribution in [3.05, 3.63) is 33.4 Å². The molecule has 0 fully saturated rings. The van der Waals surface area contributed by atoms with E-state index in [1.165, 1.54) is 0 Å². The van der Waals surface area contributed by atoms with Gasteiger partial charge in [0.1, 0.15) is 5.75 Å². The Bertz CT molecular complexity index is 387. The molecule has 0 aliphatic carbocycles. The van der Waals surface area contributed by atoms with Crippen LogP contribution in [0.15, 0.2) is 12.1 Å². The number of fused-ring (bicyclic) bond motifs is 1. The minimum Gasteiger partial charge on any atom is -0.493 e. The highest BCUT2D eigenvalue weighted by Crippen LogP contribution is 2.31. The number of ether oxygens (including phenoxy) is 1. The quantitative estimate of drug-likeness (QED) is 0.507. The smallest absolute Gasteiger partial charge is 0.272 e. The summed E-state index contributed by atoms with van der Waals surface area (Å²) in [6, 6.07) is 3.39. The molecule has 0 radical (unpaired) electrons. The van der Waals surface area contributed by atoms with E-state index >= 15 is 0 Å². The second-order valence-electron chi connectivity index (χ2n) is 3.46. The van der Waals surface area contributed by atoms with Crippen LogP contribution in [-0.4, -0.2) is 11.5 Å². The third kappa shape index (κ3) is 1.43. The topological polar surface area (TPSA) is 52.4 Å². The number of nitrogens with zero attached hydrogens (tertiary/aromatic N) is 1. The van der Waals surface area contributed by atoms with Gasteiger partial charge in [0, 0.05) is 17.2 Å². The maximum absolute atomic E-state index is 10.7. The van der Waals surface area contributed by atoms with Crippen LogP contribution in [0.25, 0.3) is 0 Å². The summed E-state index contributed by atoms with van der Waals surface area (Å²) in [5, 5.41) is 10.7. The molecule has 1 aliphatic rings.